The summed E-state index contributed by atoms with van der Waals surface area (Å²) < 4.78 is 18.0. The minimum absolute atomic E-state index is 0.612. The van der Waals surface area contributed by atoms with Crippen LogP contribution in [-0.4, -0.2) is 47.7 Å². The average Bonchev–Trinajstić information content (AvgIpc) is 3.52. The van der Waals surface area contributed by atoms with Crippen molar-refractivity contribution in [2.45, 2.75) is 44.7 Å². The lowest BCUT2D eigenvalue weighted by molar-refractivity contribution is 0.404. The van der Waals surface area contributed by atoms with Gasteiger partial charge in [-0.3, -0.25) is 0 Å². The van der Waals surface area contributed by atoms with E-state index in [-0.39, 0.29) is 0 Å². The van der Waals surface area contributed by atoms with Crippen LogP contribution >= 0.6 is 11.8 Å². The van der Waals surface area contributed by atoms with Gasteiger partial charge >= 0.3 is 0 Å². The van der Waals surface area contributed by atoms with Gasteiger partial charge < -0.3 is 14.2 Å². The molecule has 1 fully saturated rings. The van der Waals surface area contributed by atoms with Crippen LogP contribution in [0.25, 0.3) is 11.4 Å². The Morgan fingerprint density at radius 2 is 1.65 bits per heavy atom. The van der Waals surface area contributed by atoms with Gasteiger partial charge in [0.1, 0.15) is 17.2 Å². The van der Waals surface area contributed by atoms with Crippen LogP contribution in [0.3, 0.4) is 0 Å². The predicted octanol–water partition coefficient (Wildman–Crippen LogP) is 5.83. The van der Waals surface area contributed by atoms with Gasteiger partial charge in [-0.15, -0.1) is 10.2 Å². The van der Waals surface area contributed by atoms with Gasteiger partial charge in [-0.05, 0) is 60.4 Å². The van der Waals surface area contributed by atoms with Crippen LogP contribution in [0.5, 0.6) is 17.2 Å². The van der Waals surface area contributed by atoms with E-state index in [1.165, 1.54) is 25.7 Å². The van der Waals surface area contributed by atoms with E-state index in [4.69, 9.17) is 19.3 Å². The molecule has 34 heavy (non-hydrogen) atoms. The average molecular weight is 481 g/mol. The van der Waals surface area contributed by atoms with Crippen LogP contribution in [0, 0.1) is 12.8 Å². The maximum absolute atomic E-state index is 5.51. The molecule has 0 amide bonds. The number of aryl methyl sites for hydroxylation is 1. The Morgan fingerprint density at radius 1 is 0.912 bits per heavy atom. The van der Waals surface area contributed by atoms with Crippen molar-refractivity contribution >= 4 is 17.5 Å². The number of ether oxygens (including phenoxy) is 3. The van der Waals surface area contributed by atoms with Crippen molar-refractivity contribution in [3.8, 4) is 28.6 Å². The smallest absolute Gasteiger partial charge is 0.212 e. The fraction of sp³-hybridized carbons (Fsp3) is 0.423. The molecule has 8 heteroatoms. The summed E-state index contributed by atoms with van der Waals surface area (Å²) in [6.07, 6.45) is 5.95. The van der Waals surface area contributed by atoms with Gasteiger partial charge in [0.2, 0.25) is 5.16 Å². The standard InChI is InChI=1S/C20H20N4O3S.C6H12/c1-12-9-13(5-7-17(12)26-3)16-11-28-20-22-21-19(24(20)23-16)15-10-14(25-2)6-8-18(15)27-4;1-6-4-2-3-5-6/h5-10H,11H2,1-4H3;6H,2-5H2,1H3. The minimum Gasteiger partial charge on any atom is -0.497 e. The fourth-order valence-electron chi connectivity index (χ4n) is 4.21. The molecule has 7 nitrogen and oxygen atoms in total. The Balaban J connectivity index is 0.000000398. The Hall–Kier alpha value is -3.00. The summed E-state index contributed by atoms with van der Waals surface area (Å²) in [5, 5.41) is 14.2. The van der Waals surface area contributed by atoms with Crippen LogP contribution in [0.4, 0.5) is 0 Å². The van der Waals surface area contributed by atoms with Crippen molar-refractivity contribution in [1.82, 2.24) is 14.9 Å². The molecule has 2 heterocycles. The van der Waals surface area contributed by atoms with Gasteiger partial charge in [0.15, 0.2) is 5.82 Å². The Bertz CT molecular complexity index is 1170. The highest BCUT2D eigenvalue weighted by atomic mass is 32.2. The summed E-state index contributed by atoms with van der Waals surface area (Å²) >= 11 is 1.60. The third kappa shape index (κ3) is 5.22. The van der Waals surface area contributed by atoms with Gasteiger partial charge in [-0.2, -0.15) is 9.78 Å². The molecular formula is C26H32N4O3S. The molecule has 0 saturated heterocycles. The predicted molar refractivity (Wildman–Crippen MR) is 137 cm³/mol. The molecule has 2 aliphatic rings. The van der Waals surface area contributed by atoms with Crippen molar-refractivity contribution in [1.29, 1.82) is 0 Å². The second-order valence-corrected chi connectivity index (χ2v) is 9.54. The summed E-state index contributed by atoms with van der Waals surface area (Å²) in [7, 11) is 4.93. The van der Waals surface area contributed by atoms with E-state index in [9.17, 15) is 0 Å². The first kappa shape index (κ1) is 24.1. The molecule has 1 aromatic heterocycles. The molecule has 180 valence electrons. The normalized spacial score (nSPS) is 15.1. The Kier molecular flexibility index (Phi) is 7.77. The molecule has 0 atom stereocenters. The van der Waals surface area contributed by atoms with Crippen molar-refractivity contribution in [3.63, 3.8) is 0 Å². The first-order valence-corrected chi connectivity index (χ1v) is 12.6. The van der Waals surface area contributed by atoms with E-state index < -0.39 is 0 Å². The van der Waals surface area contributed by atoms with Crippen LogP contribution in [0.15, 0.2) is 46.7 Å². The van der Waals surface area contributed by atoms with E-state index in [1.54, 1.807) is 37.8 Å². The van der Waals surface area contributed by atoms with Crippen LogP contribution in [0.2, 0.25) is 0 Å². The quantitative estimate of drug-likeness (QED) is 0.457. The highest BCUT2D eigenvalue weighted by molar-refractivity contribution is 7.99. The van der Waals surface area contributed by atoms with Gasteiger partial charge in [0.05, 0.1) is 32.6 Å². The van der Waals surface area contributed by atoms with Gasteiger partial charge in [-0.1, -0.05) is 44.4 Å². The zero-order chi connectivity index (χ0) is 24.1. The van der Waals surface area contributed by atoms with Crippen molar-refractivity contribution in [2.75, 3.05) is 27.1 Å². The van der Waals surface area contributed by atoms with E-state index in [0.717, 1.165) is 45.0 Å². The maximum Gasteiger partial charge on any atom is 0.212 e. The topological polar surface area (TPSA) is 70.8 Å². The minimum atomic E-state index is 0.612. The third-order valence-corrected chi connectivity index (χ3v) is 7.12. The maximum atomic E-state index is 5.51. The van der Waals surface area contributed by atoms with Gasteiger partial charge in [-0.25, -0.2) is 0 Å². The van der Waals surface area contributed by atoms with Crippen LogP contribution in [0.1, 0.15) is 43.7 Å². The Morgan fingerprint density at radius 3 is 2.26 bits per heavy atom. The number of hydrogen-bond donors (Lipinski definition) is 0. The molecule has 0 radical (unpaired) electrons. The first-order chi connectivity index (χ1) is 16.5. The summed E-state index contributed by atoms with van der Waals surface area (Å²) in [5.74, 6) is 4.64. The number of aromatic nitrogens is 3. The van der Waals surface area contributed by atoms with Crippen LogP contribution in [-0.2, 0) is 0 Å². The number of thioether (sulfide) groups is 1. The van der Waals surface area contributed by atoms with Crippen LogP contribution < -0.4 is 14.2 Å². The van der Waals surface area contributed by atoms with Gasteiger partial charge in [0.25, 0.3) is 0 Å². The molecule has 2 aromatic carbocycles. The van der Waals surface area contributed by atoms with E-state index in [1.807, 2.05) is 37.3 Å². The lowest BCUT2D eigenvalue weighted by atomic mass is 10.1. The molecule has 3 aromatic rings. The number of benzene rings is 2. The Labute approximate surface area is 205 Å². The summed E-state index contributed by atoms with van der Waals surface area (Å²) in [5.41, 5.74) is 3.84. The molecule has 0 spiro atoms. The van der Waals surface area contributed by atoms with Crippen molar-refractivity contribution < 1.29 is 14.2 Å². The molecule has 1 aliphatic heterocycles. The molecule has 0 unspecified atom stereocenters. The van der Waals surface area contributed by atoms with Gasteiger partial charge in [0, 0.05) is 5.75 Å². The number of hydrogen-bond acceptors (Lipinski definition) is 7. The zero-order valence-corrected chi connectivity index (χ0v) is 21.3. The number of fused-ring (bicyclic) bond motifs is 1. The van der Waals surface area contributed by atoms with E-state index in [2.05, 4.69) is 23.2 Å². The summed E-state index contributed by atoms with van der Waals surface area (Å²) in [6.45, 7) is 4.36. The molecule has 1 saturated carbocycles. The summed E-state index contributed by atoms with van der Waals surface area (Å²) in [4.78, 5) is 0. The highest BCUT2D eigenvalue weighted by Crippen LogP contribution is 2.35. The first-order valence-electron chi connectivity index (χ1n) is 11.6. The number of methoxy groups -OCH3 is 3. The van der Waals surface area contributed by atoms with E-state index >= 15 is 0 Å². The molecule has 0 bridgehead atoms. The fourth-order valence-corrected chi connectivity index (χ4v) is 5.05. The third-order valence-electron chi connectivity index (χ3n) is 6.19. The number of nitrogens with zero attached hydrogens (tertiary/aromatic N) is 4. The molecule has 1 aliphatic carbocycles. The van der Waals surface area contributed by atoms with Crippen molar-refractivity contribution in [3.05, 3.63) is 47.5 Å². The lowest BCUT2D eigenvalue weighted by Gasteiger charge is -2.16. The zero-order valence-electron chi connectivity index (χ0n) is 20.5. The highest BCUT2D eigenvalue weighted by Gasteiger charge is 2.23. The number of rotatable bonds is 5. The SMILES string of the molecule is CC1CCCC1.COc1ccc(OC)c(-c2nnc3n2N=C(c2ccc(OC)c(C)c2)CS3)c1. The second kappa shape index (κ2) is 11.0. The second-order valence-electron chi connectivity index (χ2n) is 8.59. The summed E-state index contributed by atoms with van der Waals surface area (Å²) in [6, 6.07) is 11.6. The molecular weight excluding hydrogens is 448 g/mol. The molecule has 5 rings (SSSR count). The van der Waals surface area contributed by atoms with Crippen molar-refractivity contribution in [2.24, 2.45) is 11.0 Å². The lowest BCUT2D eigenvalue weighted by Crippen LogP contribution is -2.14. The molecule has 0 N–H and O–H groups in total. The largest absolute Gasteiger partial charge is 0.497 e. The van der Waals surface area contributed by atoms with E-state index in [0.29, 0.717) is 17.3 Å². The monoisotopic (exact) mass is 480 g/mol.